The Balaban J connectivity index is 2.28. The fourth-order valence-corrected chi connectivity index (χ4v) is 1.83. The average molecular weight is 279 g/mol. The standard InChI is InChI=1S/C14H15F2N3O/c1-9-5-11(10-3-2-4-18-12(10)6-17)19-7-13(9)20-8-14(15)16/h2-5,7,14H,6,8,17H2,1H3. The fraction of sp³-hybridized carbons (Fsp3) is 0.286. The van der Waals surface area contributed by atoms with Gasteiger partial charge in [0.15, 0.2) is 0 Å². The van der Waals surface area contributed by atoms with Gasteiger partial charge in [-0.1, -0.05) is 0 Å². The van der Waals surface area contributed by atoms with Crippen LogP contribution in [0.4, 0.5) is 8.78 Å². The highest BCUT2D eigenvalue weighted by atomic mass is 19.3. The molecule has 106 valence electrons. The van der Waals surface area contributed by atoms with Gasteiger partial charge in [-0.3, -0.25) is 9.97 Å². The summed E-state index contributed by atoms with van der Waals surface area (Å²) in [6, 6.07) is 5.44. The molecule has 20 heavy (non-hydrogen) atoms. The summed E-state index contributed by atoms with van der Waals surface area (Å²) in [5.74, 6) is 0.354. The number of rotatable bonds is 5. The molecule has 0 radical (unpaired) electrons. The molecule has 0 amide bonds. The summed E-state index contributed by atoms with van der Waals surface area (Å²) < 4.78 is 29.2. The molecule has 2 aromatic heterocycles. The average Bonchev–Trinajstić information content (AvgIpc) is 2.45. The van der Waals surface area contributed by atoms with Crippen LogP contribution < -0.4 is 10.5 Å². The first-order valence-corrected chi connectivity index (χ1v) is 6.13. The van der Waals surface area contributed by atoms with Crippen LogP contribution in [0.1, 0.15) is 11.3 Å². The molecule has 0 saturated carbocycles. The number of hydrogen-bond acceptors (Lipinski definition) is 4. The largest absolute Gasteiger partial charge is 0.486 e. The van der Waals surface area contributed by atoms with Crippen molar-refractivity contribution in [3.8, 4) is 17.0 Å². The molecule has 4 nitrogen and oxygen atoms in total. The van der Waals surface area contributed by atoms with Crippen molar-refractivity contribution in [2.75, 3.05) is 6.61 Å². The highest BCUT2D eigenvalue weighted by molar-refractivity contribution is 5.63. The normalized spacial score (nSPS) is 10.8. The van der Waals surface area contributed by atoms with Gasteiger partial charge < -0.3 is 10.5 Å². The number of pyridine rings is 2. The smallest absolute Gasteiger partial charge is 0.272 e. The van der Waals surface area contributed by atoms with Gasteiger partial charge in [-0.05, 0) is 30.7 Å². The maximum absolute atomic E-state index is 12.1. The van der Waals surface area contributed by atoms with Crippen LogP contribution in [0, 0.1) is 6.92 Å². The Bertz CT molecular complexity index is 590. The van der Waals surface area contributed by atoms with Gasteiger partial charge >= 0.3 is 0 Å². The zero-order chi connectivity index (χ0) is 14.5. The van der Waals surface area contributed by atoms with E-state index < -0.39 is 13.0 Å². The maximum Gasteiger partial charge on any atom is 0.272 e. The number of alkyl halides is 2. The number of aromatic nitrogens is 2. The van der Waals surface area contributed by atoms with Crippen molar-refractivity contribution in [2.24, 2.45) is 5.73 Å². The first kappa shape index (κ1) is 14.3. The molecule has 2 rings (SSSR count). The van der Waals surface area contributed by atoms with E-state index in [0.717, 1.165) is 16.8 Å². The van der Waals surface area contributed by atoms with Gasteiger partial charge in [0.1, 0.15) is 12.4 Å². The summed E-state index contributed by atoms with van der Waals surface area (Å²) in [5.41, 5.74) is 8.64. The SMILES string of the molecule is Cc1cc(-c2cccnc2CN)ncc1OCC(F)F. The second kappa shape index (κ2) is 6.38. The van der Waals surface area contributed by atoms with Crippen LogP contribution in [0.5, 0.6) is 5.75 Å². The third-order valence-electron chi connectivity index (χ3n) is 2.79. The van der Waals surface area contributed by atoms with E-state index in [9.17, 15) is 8.78 Å². The van der Waals surface area contributed by atoms with E-state index >= 15 is 0 Å². The van der Waals surface area contributed by atoms with Crippen molar-refractivity contribution in [1.82, 2.24) is 9.97 Å². The van der Waals surface area contributed by atoms with E-state index in [1.165, 1.54) is 6.20 Å². The molecule has 0 aromatic carbocycles. The summed E-state index contributed by atoms with van der Waals surface area (Å²) in [6.07, 6.45) is 0.607. The lowest BCUT2D eigenvalue weighted by atomic mass is 10.1. The number of nitrogens with two attached hydrogens (primary N) is 1. The van der Waals surface area contributed by atoms with Crippen LogP contribution in [0.25, 0.3) is 11.3 Å². The zero-order valence-electron chi connectivity index (χ0n) is 11.0. The van der Waals surface area contributed by atoms with Crippen molar-refractivity contribution in [3.05, 3.63) is 41.9 Å². The Morgan fingerprint density at radius 2 is 2.15 bits per heavy atom. The molecule has 0 atom stereocenters. The third kappa shape index (κ3) is 3.27. The number of halogens is 2. The number of hydrogen-bond donors (Lipinski definition) is 1. The minimum atomic E-state index is -2.50. The van der Waals surface area contributed by atoms with Gasteiger partial charge in [0.05, 0.1) is 17.6 Å². The van der Waals surface area contributed by atoms with Gasteiger partial charge in [0, 0.05) is 18.3 Å². The Morgan fingerprint density at radius 3 is 2.80 bits per heavy atom. The summed E-state index contributed by atoms with van der Waals surface area (Å²) in [7, 11) is 0. The topological polar surface area (TPSA) is 61.0 Å². The molecular weight excluding hydrogens is 264 g/mol. The number of ether oxygens (including phenoxy) is 1. The van der Waals surface area contributed by atoms with Crippen molar-refractivity contribution in [1.29, 1.82) is 0 Å². The Labute approximate surface area is 115 Å². The van der Waals surface area contributed by atoms with Crippen LogP contribution >= 0.6 is 0 Å². The molecule has 0 saturated heterocycles. The lowest BCUT2D eigenvalue weighted by Crippen LogP contribution is -2.08. The van der Waals surface area contributed by atoms with Gasteiger partial charge in [0.25, 0.3) is 6.43 Å². The molecule has 2 heterocycles. The fourth-order valence-electron chi connectivity index (χ4n) is 1.83. The molecule has 0 bridgehead atoms. The van der Waals surface area contributed by atoms with Crippen LogP contribution in [0.3, 0.4) is 0 Å². The Hall–Kier alpha value is -2.08. The summed E-state index contributed by atoms with van der Waals surface area (Å²) >= 11 is 0. The molecule has 0 fully saturated rings. The monoisotopic (exact) mass is 279 g/mol. The molecule has 2 N–H and O–H groups in total. The van der Waals surface area contributed by atoms with E-state index in [-0.39, 0.29) is 0 Å². The Kier molecular flexibility index (Phi) is 4.57. The van der Waals surface area contributed by atoms with E-state index in [4.69, 9.17) is 10.5 Å². The molecular formula is C14H15F2N3O. The third-order valence-corrected chi connectivity index (χ3v) is 2.79. The van der Waals surface area contributed by atoms with Gasteiger partial charge in [-0.25, -0.2) is 8.78 Å². The zero-order valence-corrected chi connectivity index (χ0v) is 11.0. The van der Waals surface area contributed by atoms with E-state index in [1.807, 2.05) is 6.07 Å². The summed E-state index contributed by atoms with van der Waals surface area (Å²) in [4.78, 5) is 8.42. The molecule has 2 aromatic rings. The predicted octanol–water partition coefficient (Wildman–Crippen LogP) is 2.55. The van der Waals surface area contributed by atoms with E-state index in [0.29, 0.717) is 18.0 Å². The lowest BCUT2D eigenvalue weighted by molar-refractivity contribution is 0.0814. The van der Waals surface area contributed by atoms with E-state index in [1.54, 1.807) is 25.3 Å². The van der Waals surface area contributed by atoms with Crippen molar-refractivity contribution >= 4 is 0 Å². The summed E-state index contributed by atoms with van der Waals surface area (Å²) in [6.45, 7) is 1.45. The summed E-state index contributed by atoms with van der Waals surface area (Å²) in [5, 5.41) is 0. The predicted molar refractivity (Wildman–Crippen MR) is 71.6 cm³/mol. The quantitative estimate of drug-likeness (QED) is 0.913. The van der Waals surface area contributed by atoms with Gasteiger partial charge in [-0.15, -0.1) is 0 Å². The van der Waals surface area contributed by atoms with Gasteiger partial charge in [-0.2, -0.15) is 0 Å². The van der Waals surface area contributed by atoms with Crippen molar-refractivity contribution < 1.29 is 13.5 Å². The minimum absolute atomic E-state index is 0.306. The second-order valence-corrected chi connectivity index (χ2v) is 4.24. The molecule has 0 aliphatic heterocycles. The molecule has 6 heteroatoms. The highest BCUT2D eigenvalue weighted by Gasteiger charge is 2.10. The number of nitrogens with zero attached hydrogens (tertiary/aromatic N) is 2. The van der Waals surface area contributed by atoms with Crippen LogP contribution in [-0.4, -0.2) is 23.0 Å². The number of aryl methyl sites for hydroxylation is 1. The van der Waals surface area contributed by atoms with Crippen LogP contribution in [0.15, 0.2) is 30.6 Å². The van der Waals surface area contributed by atoms with Crippen LogP contribution in [0.2, 0.25) is 0 Å². The molecule has 0 unspecified atom stereocenters. The van der Waals surface area contributed by atoms with Gasteiger partial charge in [0.2, 0.25) is 0 Å². The first-order valence-electron chi connectivity index (χ1n) is 6.13. The van der Waals surface area contributed by atoms with Crippen LogP contribution in [-0.2, 0) is 6.54 Å². The highest BCUT2D eigenvalue weighted by Crippen LogP contribution is 2.25. The Morgan fingerprint density at radius 1 is 1.35 bits per heavy atom. The lowest BCUT2D eigenvalue weighted by Gasteiger charge is -2.11. The van der Waals surface area contributed by atoms with Crippen molar-refractivity contribution in [3.63, 3.8) is 0 Å². The first-order chi connectivity index (χ1) is 9.61. The molecule has 0 aliphatic rings. The molecule has 0 aliphatic carbocycles. The molecule has 0 spiro atoms. The van der Waals surface area contributed by atoms with E-state index in [2.05, 4.69) is 9.97 Å². The maximum atomic E-state index is 12.1. The minimum Gasteiger partial charge on any atom is -0.486 e. The van der Waals surface area contributed by atoms with Crippen molar-refractivity contribution in [2.45, 2.75) is 19.9 Å². The second-order valence-electron chi connectivity index (χ2n) is 4.24.